The van der Waals surface area contributed by atoms with E-state index in [0.29, 0.717) is 58.4 Å². The number of amides is 1. The zero-order valence-corrected chi connectivity index (χ0v) is 19.7. The molecule has 184 valence electrons. The van der Waals surface area contributed by atoms with Gasteiger partial charge in [0.2, 0.25) is 0 Å². The topological polar surface area (TPSA) is 110 Å². The van der Waals surface area contributed by atoms with Crippen molar-refractivity contribution in [2.45, 2.75) is 13.0 Å². The van der Waals surface area contributed by atoms with Gasteiger partial charge in [-0.15, -0.1) is 0 Å². The molecule has 0 spiro atoms. The van der Waals surface area contributed by atoms with E-state index in [4.69, 9.17) is 14.2 Å². The Morgan fingerprint density at radius 3 is 2.81 bits per heavy atom. The van der Waals surface area contributed by atoms with Gasteiger partial charge in [0, 0.05) is 36.6 Å². The van der Waals surface area contributed by atoms with Crippen LogP contribution in [0.25, 0.3) is 11.3 Å². The van der Waals surface area contributed by atoms with Crippen molar-refractivity contribution in [1.29, 1.82) is 0 Å². The molecule has 36 heavy (non-hydrogen) atoms. The van der Waals surface area contributed by atoms with Gasteiger partial charge in [-0.25, -0.2) is 4.39 Å². The summed E-state index contributed by atoms with van der Waals surface area (Å²) in [6.07, 6.45) is 5.51. The summed E-state index contributed by atoms with van der Waals surface area (Å²) in [5, 5.41) is 6.10. The van der Waals surface area contributed by atoms with Crippen LogP contribution in [0.4, 0.5) is 15.8 Å². The first-order chi connectivity index (χ1) is 17.6. The van der Waals surface area contributed by atoms with Crippen LogP contribution in [0.15, 0.2) is 55.0 Å². The summed E-state index contributed by atoms with van der Waals surface area (Å²) in [6, 6.07) is 9.94. The van der Waals surface area contributed by atoms with Crippen LogP contribution in [0.1, 0.15) is 21.7 Å². The third kappa shape index (κ3) is 4.28. The third-order valence-electron chi connectivity index (χ3n) is 5.88. The molecule has 3 N–H and O–H groups in total. The Morgan fingerprint density at radius 2 is 1.97 bits per heavy atom. The molecule has 4 aromatic rings. The Hall–Kier alpha value is -4.60. The standard InChI is InChI=1S/C26H24FN5O4/c1-34-20-7-4-10-29-19(20)14-36-21-13-28-11-8-15(21)23-24(22-17(31-23)9-12-30-26(22)33)32-18-6-3-5-16(27)25(18)35-2/h3-8,10-11,13,31-32H,9,12,14H2,1-2H3,(H,30,33). The van der Waals surface area contributed by atoms with E-state index in [1.54, 1.807) is 50.0 Å². The lowest BCUT2D eigenvalue weighted by atomic mass is 10.0. The van der Waals surface area contributed by atoms with Gasteiger partial charge in [0.1, 0.15) is 23.8 Å². The number of aromatic nitrogens is 3. The Bertz CT molecular complexity index is 1420. The highest BCUT2D eigenvalue weighted by atomic mass is 19.1. The van der Waals surface area contributed by atoms with E-state index >= 15 is 0 Å². The molecule has 0 aliphatic carbocycles. The van der Waals surface area contributed by atoms with E-state index in [1.807, 2.05) is 6.07 Å². The number of nitrogens with zero attached hydrogens (tertiary/aromatic N) is 2. The molecule has 5 rings (SSSR count). The van der Waals surface area contributed by atoms with Gasteiger partial charge in [-0.05, 0) is 30.3 Å². The maximum Gasteiger partial charge on any atom is 0.255 e. The second kappa shape index (κ2) is 9.95. The van der Waals surface area contributed by atoms with Crippen LogP contribution in [0.2, 0.25) is 0 Å². The summed E-state index contributed by atoms with van der Waals surface area (Å²) < 4.78 is 31.2. The maximum absolute atomic E-state index is 14.4. The molecular formula is C26H24FN5O4. The van der Waals surface area contributed by atoms with Crippen LogP contribution in [0.5, 0.6) is 17.2 Å². The Balaban J connectivity index is 1.58. The fraction of sp³-hybridized carbons (Fsp3) is 0.192. The molecule has 1 aromatic carbocycles. The number of ether oxygens (including phenoxy) is 3. The molecule has 0 fully saturated rings. The van der Waals surface area contributed by atoms with E-state index in [2.05, 4.69) is 25.6 Å². The van der Waals surface area contributed by atoms with Gasteiger partial charge >= 0.3 is 0 Å². The molecule has 0 unspecified atom stereocenters. The molecule has 9 nitrogen and oxygen atoms in total. The minimum absolute atomic E-state index is 0.0445. The molecule has 0 bridgehead atoms. The fourth-order valence-corrected chi connectivity index (χ4v) is 4.22. The first-order valence-electron chi connectivity index (χ1n) is 11.3. The number of fused-ring (bicyclic) bond motifs is 1. The van der Waals surface area contributed by atoms with Gasteiger partial charge in [-0.2, -0.15) is 0 Å². The number of carbonyl (C=O) groups is 1. The Labute approximate surface area is 206 Å². The van der Waals surface area contributed by atoms with Crippen LogP contribution < -0.4 is 24.8 Å². The lowest BCUT2D eigenvalue weighted by molar-refractivity contribution is 0.0947. The van der Waals surface area contributed by atoms with Gasteiger partial charge in [0.05, 0.1) is 43.0 Å². The van der Waals surface area contributed by atoms with Crippen molar-refractivity contribution in [2.75, 3.05) is 26.1 Å². The fourth-order valence-electron chi connectivity index (χ4n) is 4.22. The average Bonchev–Trinajstić information content (AvgIpc) is 3.27. The number of halogens is 1. The van der Waals surface area contributed by atoms with Crippen molar-refractivity contribution in [3.05, 3.63) is 77.8 Å². The highest BCUT2D eigenvalue weighted by molar-refractivity contribution is 6.06. The first-order valence-corrected chi connectivity index (χ1v) is 11.3. The summed E-state index contributed by atoms with van der Waals surface area (Å²) in [5.41, 5.74) is 3.99. The average molecular weight is 490 g/mol. The van der Waals surface area contributed by atoms with Crippen LogP contribution >= 0.6 is 0 Å². The van der Waals surface area contributed by atoms with E-state index in [1.165, 1.54) is 13.2 Å². The summed E-state index contributed by atoms with van der Waals surface area (Å²) in [7, 11) is 2.97. The van der Waals surface area contributed by atoms with Crippen LogP contribution in [-0.4, -0.2) is 41.6 Å². The molecule has 1 aliphatic rings. The maximum atomic E-state index is 14.4. The highest BCUT2D eigenvalue weighted by Crippen LogP contribution is 2.42. The molecule has 0 radical (unpaired) electrons. The van der Waals surface area contributed by atoms with Crippen molar-refractivity contribution in [3.63, 3.8) is 0 Å². The molecule has 0 atom stereocenters. The van der Waals surface area contributed by atoms with Gasteiger partial charge in [0.25, 0.3) is 5.91 Å². The van der Waals surface area contributed by atoms with Crippen LogP contribution in [0.3, 0.4) is 0 Å². The van der Waals surface area contributed by atoms with Crippen LogP contribution in [0, 0.1) is 5.82 Å². The number of pyridine rings is 2. The Kier molecular flexibility index (Phi) is 6.40. The molecule has 1 amide bonds. The molecule has 3 aromatic heterocycles. The van der Waals surface area contributed by atoms with E-state index in [0.717, 1.165) is 5.69 Å². The molecule has 1 aliphatic heterocycles. The summed E-state index contributed by atoms with van der Waals surface area (Å²) >= 11 is 0. The van der Waals surface area contributed by atoms with Crippen molar-refractivity contribution >= 4 is 17.3 Å². The number of rotatable bonds is 8. The van der Waals surface area contributed by atoms with Crippen molar-refractivity contribution < 1.29 is 23.4 Å². The van der Waals surface area contributed by atoms with Crippen molar-refractivity contribution in [1.82, 2.24) is 20.3 Å². The number of nitrogens with one attached hydrogen (secondary N) is 3. The summed E-state index contributed by atoms with van der Waals surface area (Å²) in [5.74, 6) is 0.374. The number of hydrogen-bond donors (Lipinski definition) is 3. The first kappa shape index (κ1) is 23.2. The van der Waals surface area contributed by atoms with Crippen molar-refractivity contribution in [3.8, 4) is 28.5 Å². The monoisotopic (exact) mass is 489 g/mol. The van der Waals surface area contributed by atoms with Gasteiger partial charge in [-0.3, -0.25) is 14.8 Å². The molecule has 4 heterocycles. The van der Waals surface area contributed by atoms with Crippen molar-refractivity contribution in [2.24, 2.45) is 0 Å². The number of hydrogen-bond acceptors (Lipinski definition) is 7. The van der Waals surface area contributed by atoms with E-state index in [9.17, 15) is 9.18 Å². The van der Waals surface area contributed by atoms with Crippen LogP contribution in [-0.2, 0) is 13.0 Å². The molecule has 0 saturated heterocycles. The number of methoxy groups -OCH3 is 2. The normalized spacial score (nSPS) is 12.5. The number of anilines is 2. The van der Waals surface area contributed by atoms with Gasteiger partial charge in [-0.1, -0.05) is 6.07 Å². The summed E-state index contributed by atoms with van der Waals surface area (Å²) in [4.78, 5) is 24.8. The number of carbonyl (C=O) groups excluding carboxylic acids is 1. The summed E-state index contributed by atoms with van der Waals surface area (Å²) in [6.45, 7) is 0.651. The molecule has 0 saturated carbocycles. The van der Waals surface area contributed by atoms with Gasteiger partial charge < -0.3 is 29.8 Å². The number of benzene rings is 1. The Morgan fingerprint density at radius 1 is 1.08 bits per heavy atom. The van der Waals surface area contributed by atoms with Gasteiger partial charge in [0.15, 0.2) is 11.6 Å². The predicted molar refractivity (Wildman–Crippen MR) is 131 cm³/mol. The zero-order chi connectivity index (χ0) is 25.1. The minimum atomic E-state index is -0.518. The number of para-hydroxylation sites is 1. The lowest BCUT2D eigenvalue weighted by Crippen LogP contribution is -2.31. The van der Waals surface area contributed by atoms with E-state index < -0.39 is 5.82 Å². The second-order valence-electron chi connectivity index (χ2n) is 7.99. The number of H-pyrrole nitrogens is 1. The third-order valence-corrected chi connectivity index (χ3v) is 5.88. The largest absolute Gasteiger partial charge is 0.495 e. The predicted octanol–water partition coefficient (Wildman–Crippen LogP) is 4.24. The smallest absolute Gasteiger partial charge is 0.255 e. The number of aromatic amines is 1. The second-order valence-corrected chi connectivity index (χ2v) is 7.99. The molecule has 10 heteroatoms. The SMILES string of the molecule is COc1cccnc1COc1cnccc1-c1[nH]c2c(c1Nc1cccc(F)c1OC)C(=O)NCC2. The zero-order valence-electron chi connectivity index (χ0n) is 19.7. The lowest BCUT2D eigenvalue weighted by Gasteiger charge is -2.17. The molecular weight excluding hydrogens is 465 g/mol. The highest BCUT2D eigenvalue weighted by Gasteiger charge is 2.29. The van der Waals surface area contributed by atoms with E-state index in [-0.39, 0.29) is 18.3 Å². The minimum Gasteiger partial charge on any atom is -0.495 e. The quantitative estimate of drug-likeness (QED) is 0.340.